The van der Waals surface area contributed by atoms with E-state index in [1.165, 1.54) is 12.8 Å². The summed E-state index contributed by atoms with van der Waals surface area (Å²) >= 11 is 0. The van der Waals surface area contributed by atoms with Crippen molar-refractivity contribution in [2.75, 3.05) is 26.2 Å². The number of carboxylic acid groups (broad SMARTS) is 1. The number of carbonyl (C=O) groups excluding carboxylic acids is 1. The quantitative estimate of drug-likeness (QED) is 0.573. The first-order valence-electron chi connectivity index (χ1n) is 8.50. The highest BCUT2D eigenvalue weighted by Crippen LogP contribution is 2.13. The van der Waals surface area contributed by atoms with Gasteiger partial charge in [0.05, 0.1) is 0 Å². The summed E-state index contributed by atoms with van der Waals surface area (Å²) in [6.45, 7) is 5.76. The van der Waals surface area contributed by atoms with Gasteiger partial charge < -0.3 is 20.1 Å². The summed E-state index contributed by atoms with van der Waals surface area (Å²) in [4.78, 5) is 24.8. The van der Waals surface area contributed by atoms with Crippen molar-refractivity contribution >= 4 is 12.1 Å². The molecule has 1 heterocycles. The molecule has 6 heteroatoms. The van der Waals surface area contributed by atoms with Crippen molar-refractivity contribution < 1.29 is 19.4 Å². The monoisotopic (exact) mass is 314 g/mol. The minimum atomic E-state index is -0.849. The summed E-state index contributed by atoms with van der Waals surface area (Å²) in [5, 5.41) is 11.5. The second kappa shape index (κ2) is 11.3. The molecule has 1 fully saturated rings. The van der Waals surface area contributed by atoms with Crippen LogP contribution >= 0.6 is 0 Å². The van der Waals surface area contributed by atoms with E-state index in [1.54, 1.807) is 0 Å². The molecule has 0 aromatic rings. The van der Waals surface area contributed by atoms with Gasteiger partial charge in [-0.05, 0) is 45.2 Å². The van der Waals surface area contributed by atoms with E-state index in [0.29, 0.717) is 13.0 Å². The van der Waals surface area contributed by atoms with Crippen LogP contribution in [0.3, 0.4) is 0 Å². The first-order chi connectivity index (χ1) is 10.6. The van der Waals surface area contributed by atoms with E-state index in [0.717, 1.165) is 45.3 Å². The number of hydrogen-bond donors (Lipinski definition) is 2. The fourth-order valence-electron chi connectivity index (χ4n) is 2.68. The van der Waals surface area contributed by atoms with E-state index < -0.39 is 12.1 Å². The van der Waals surface area contributed by atoms with Crippen LogP contribution in [-0.2, 0) is 9.53 Å². The highest BCUT2D eigenvalue weighted by Gasteiger charge is 2.16. The van der Waals surface area contributed by atoms with E-state index in [2.05, 4.69) is 17.1 Å². The van der Waals surface area contributed by atoms with Crippen molar-refractivity contribution in [3.63, 3.8) is 0 Å². The van der Waals surface area contributed by atoms with Crippen LogP contribution < -0.4 is 5.32 Å². The summed E-state index contributed by atoms with van der Waals surface area (Å²) in [6.07, 6.45) is 6.04. The number of rotatable bonds is 11. The van der Waals surface area contributed by atoms with Gasteiger partial charge >= 0.3 is 12.1 Å². The normalized spacial score (nSPS) is 16.4. The minimum absolute atomic E-state index is 0.0395. The van der Waals surface area contributed by atoms with Crippen molar-refractivity contribution in [3.05, 3.63) is 0 Å². The third-order valence-corrected chi connectivity index (χ3v) is 3.98. The zero-order valence-corrected chi connectivity index (χ0v) is 13.7. The highest BCUT2D eigenvalue weighted by atomic mass is 16.6. The molecule has 6 nitrogen and oxygen atoms in total. The first kappa shape index (κ1) is 18.7. The summed E-state index contributed by atoms with van der Waals surface area (Å²) in [7, 11) is 0. The molecule has 1 saturated heterocycles. The lowest BCUT2D eigenvalue weighted by Crippen LogP contribution is -2.35. The number of likely N-dealkylation sites (tertiary alicyclic amines) is 1. The van der Waals surface area contributed by atoms with Crippen LogP contribution in [0.1, 0.15) is 58.3 Å². The van der Waals surface area contributed by atoms with Crippen LogP contribution in [0.15, 0.2) is 0 Å². The first-order valence-corrected chi connectivity index (χ1v) is 8.50. The fraction of sp³-hybridized carbons (Fsp3) is 0.875. The Hall–Kier alpha value is -1.30. The van der Waals surface area contributed by atoms with Crippen LogP contribution in [0.5, 0.6) is 0 Å². The molecule has 1 aliphatic rings. The molecular formula is C16H30N2O4. The van der Waals surface area contributed by atoms with E-state index in [9.17, 15) is 9.59 Å². The molecule has 1 unspecified atom stereocenters. The zero-order valence-electron chi connectivity index (χ0n) is 13.7. The molecule has 1 rings (SSSR count). The van der Waals surface area contributed by atoms with Gasteiger partial charge in [-0.15, -0.1) is 0 Å². The molecule has 0 aliphatic carbocycles. The lowest BCUT2D eigenvalue weighted by atomic mass is 10.1. The summed E-state index contributed by atoms with van der Waals surface area (Å²) in [5.41, 5.74) is 0. The van der Waals surface area contributed by atoms with Gasteiger partial charge in [-0.2, -0.15) is 0 Å². The lowest BCUT2D eigenvalue weighted by Gasteiger charge is -2.19. The number of amides is 1. The van der Waals surface area contributed by atoms with E-state index in [1.807, 2.05) is 0 Å². The van der Waals surface area contributed by atoms with Gasteiger partial charge in [-0.3, -0.25) is 4.79 Å². The predicted octanol–water partition coefficient (Wildman–Crippen LogP) is 2.62. The van der Waals surface area contributed by atoms with Gasteiger partial charge in [-0.1, -0.05) is 19.8 Å². The third-order valence-electron chi connectivity index (χ3n) is 3.98. The lowest BCUT2D eigenvalue weighted by molar-refractivity contribution is -0.137. The van der Waals surface area contributed by atoms with Gasteiger partial charge in [-0.25, -0.2) is 4.79 Å². The maximum atomic E-state index is 11.8. The highest BCUT2D eigenvalue weighted by molar-refractivity contribution is 5.68. The van der Waals surface area contributed by atoms with Gasteiger partial charge in [0, 0.05) is 19.5 Å². The Morgan fingerprint density at radius 1 is 1.23 bits per heavy atom. The topological polar surface area (TPSA) is 78.9 Å². The van der Waals surface area contributed by atoms with Crippen molar-refractivity contribution in [2.24, 2.45) is 0 Å². The molecule has 0 aromatic heterocycles. The maximum Gasteiger partial charge on any atom is 0.407 e. The maximum absolute atomic E-state index is 11.8. The van der Waals surface area contributed by atoms with Gasteiger partial charge in [0.25, 0.3) is 0 Å². The van der Waals surface area contributed by atoms with Gasteiger partial charge in [0.2, 0.25) is 0 Å². The van der Waals surface area contributed by atoms with Crippen molar-refractivity contribution in [1.29, 1.82) is 0 Å². The van der Waals surface area contributed by atoms with E-state index in [-0.39, 0.29) is 12.5 Å². The molecule has 1 atom stereocenters. The van der Waals surface area contributed by atoms with Gasteiger partial charge in [0.1, 0.15) is 6.10 Å². The Kier molecular flexibility index (Phi) is 9.62. The number of nitrogens with one attached hydrogen (secondary N) is 1. The van der Waals surface area contributed by atoms with Crippen molar-refractivity contribution in [3.8, 4) is 0 Å². The Bertz CT molecular complexity index is 330. The van der Waals surface area contributed by atoms with Gasteiger partial charge in [0.15, 0.2) is 0 Å². The van der Waals surface area contributed by atoms with Crippen LogP contribution in [0.4, 0.5) is 4.79 Å². The molecule has 22 heavy (non-hydrogen) atoms. The number of nitrogens with zero attached hydrogens (tertiary/aromatic N) is 1. The average molecular weight is 314 g/mol. The fourth-order valence-corrected chi connectivity index (χ4v) is 2.68. The molecule has 128 valence electrons. The van der Waals surface area contributed by atoms with Crippen molar-refractivity contribution in [2.45, 2.75) is 64.4 Å². The molecule has 2 N–H and O–H groups in total. The number of carbonyl (C=O) groups is 2. The molecular weight excluding hydrogens is 284 g/mol. The number of carboxylic acids is 1. The second-order valence-corrected chi connectivity index (χ2v) is 5.93. The predicted molar refractivity (Wildman–Crippen MR) is 85.0 cm³/mol. The summed E-state index contributed by atoms with van der Waals surface area (Å²) in [6, 6.07) is 0. The van der Waals surface area contributed by atoms with Crippen LogP contribution in [-0.4, -0.2) is 54.4 Å². The molecule has 0 saturated carbocycles. The largest absolute Gasteiger partial charge is 0.481 e. The summed E-state index contributed by atoms with van der Waals surface area (Å²) < 4.78 is 5.38. The molecule has 0 aromatic carbocycles. The van der Waals surface area contributed by atoms with Crippen LogP contribution in [0.25, 0.3) is 0 Å². The molecule has 1 amide bonds. The average Bonchev–Trinajstić information content (AvgIpc) is 2.98. The Morgan fingerprint density at radius 3 is 2.59 bits per heavy atom. The Balaban J connectivity index is 2.21. The molecule has 0 radical (unpaired) electrons. The number of aliphatic carboxylic acids is 1. The standard InChI is InChI=1S/C16H30N2O4/c1-2-3-4-7-14(8-9-15(19)20)22-16(21)17-10-13-18-11-5-6-12-18/h14H,2-13H2,1H3,(H,17,21)(H,19,20). The van der Waals surface area contributed by atoms with E-state index >= 15 is 0 Å². The Labute approximate surface area is 133 Å². The van der Waals surface area contributed by atoms with E-state index in [4.69, 9.17) is 9.84 Å². The molecule has 0 bridgehead atoms. The SMILES string of the molecule is CCCCCC(CCC(=O)O)OC(=O)NCCN1CCCC1. The number of alkyl carbamates (subject to hydrolysis) is 1. The number of ether oxygens (including phenoxy) is 1. The number of hydrogen-bond acceptors (Lipinski definition) is 4. The molecule has 1 aliphatic heterocycles. The smallest absolute Gasteiger partial charge is 0.407 e. The van der Waals surface area contributed by atoms with Crippen LogP contribution in [0.2, 0.25) is 0 Å². The molecule has 0 spiro atoms. The summed E-state index contributed by atoms with van der Waals surface area (Å²) in [5.74, 6) is -0.849. The second-order valence-electron chi connectivity index (χ2n) is 5.93. The number of unbranched alkanes of at least 4 members (excludes halogenated alkanes) is 2. The Morgan fingerprint density at radius 2 is 1.95 bits per heavy atom. The zero-order chi connectivity index (χ0) is 16.2. The minimum Gasteiger partial charge on any atom is -0.481 e. The van der Waals surface area contributed by atoms with Crippen LogP contribution in [0, 0.1) is 0 Å². The van der Waals surface area contributed by atoms with Crippen molar-refractivity contribution in [1.82, 2.24) is 10.2 Å². The third kappa shape index (κ3) is 8.87.